The lowest BCUT2D eigenvalue weighted by Gasteiger charge is -2.15. The van der Waals surface area contributed by atoms with Crippen LogP contribution in [0.2, 0.25) is 0 Å². The van der Waals surface area contributed by atoms with Gasteiger partial charge in [-0.25, -0.2) is 0 Å². The van der Waals surface area contributed by atoms with Crippen molar-refractivity contribution in [2.24, 2.45) is 11.7 Å². The van der Waals surface area contributed by atoms with Gasteiger partial charge >= 0.3 is 0 Å². The highest BCUT2D eigenvalue weighted by Crippen LogP contribution is 2.27. The van der Waals surface area contributed by atoms with E-state index in [1.54, 1.807) is 24.3 Å². The molecule has 1 aromatic rings. The number of phenolic OH excluding ortho intramolecular Hbond substituents is 1. The van der Waals surface area contributed by atoms with Crippen LogP contribution in [0.1, 0.15) is 19.3 Å². The Bertz CT molecular complexity index is 398. The Kier molecular flexibility index (Phi) is 4.78. The second-order valence-corrected chi connectivity index (χ2v) is 4.21. The minimum absolute atomic E-state index is 0. The highest BCUT2D eigenvalue weighted by molar-refractivity contribution is 5.94. The summed E-state index contributed by atoms with van der Waals surface area (Å²) in [5.74, 6) is -0.131. The van der Waals surface area contributed by atoms with Crippen molar-refractivity contribution in [3.05, 3.63) is 24.3 Å². The molecule has 17 heavy (non-hydrogen) atoms. The standard InChI is InChI=1S/C12H16N2O2.ClH/c13-9-5-3-4-8(9)12(16)14-10-6-1-2-7-11(10)15;/h1-2,6-9,15H,3-5,13H2,(H,14,16);1H. The molecular weight excluding hydrogens is 240 g/mol. The lowest BCUT2D eigenvalue weighted by Crippen LogP contribution is -2.34. The zero-order valence-corrected chi connectivity index (χ0v) is 10.2. The van der Waals surface area contributed by atoms with E-state index in [0.29, 0.717) is 5.69 Å². The molecule has 1 saturated carbocycles. The molecule has 1 aromatic carbocycles. The van der Waals surface area contributed by atoms with Gasteiger partial charge in [0.25, 0.3) is 0 Å². The maximum absolute atomic E-state index is 11.9. The Balaban J connectivity index is 0.00000144. The highest BCUT2D eigenvalue weighted by Gasteiger charge is 2.30. The van der Waals surface area contributed by atoms with Crippen molar-refractivity contribution in [3.63, 3.8) is 0 Å². The van der Waals surface area contributed by atoms with Gasteiger partial charge in [0, 0.05) is 6.04 Å². The fourth-order valence-corrected chi connectivity index (χ4v) is 2.12. The average Bonchev–Trinajstić information content (AvgIpc) is 2.68. The third-order valence-corrected chi connectivity index (χ3v) is 3.07. The van der Waals surface area contributed by atoms with Gasteiger partial charge in [-0.05, 0) is 25.0 Å². The van der Waals surface area contributed by atoms with Crippen molar-refractivity contribution in [1.82, 2.24) is 0 Å². The summed E-state index contributed by atoms with van der Waals surface area (Å²) in [6.45, 7) is 0. The first-order valence-corrected chi connectivity index (χ1v) is 5.53. The van der Waals surface area contributed by atoms with Crippen LogP contribution in [0.15, 0.2) is 24.3 Å². The van der Waals surface area contributed by atoms with E-state index in [-0.39, 0.29) is 36.0 Å². The molecule has 0 aromatic heterocycles. The molecule has 94 valence electrons. The minimum Gasteiger partial charge on any atom is -0.506 e. The van der Waals surface area contributed by atoms with Gasteiger partial charge in [0.15, 0.2) is 0 Å². The number of carbonyl (C=O) groups excluding carboxylic acids is 1. The van der Waals surface area contributed by atoms with Gasteiger partial charge in [0.2, 0.25) is 5.91 Å². The molecule has 0 spiro atoms. The summed E-state index contributed by atoms with van der Waals surface area (Å²) in [7, 11) is 0. The molecule has 0 heterocycles. The summed E-state index contributed by atoms with van der Waals surface area (Å²) in [5, 5.41) is 12.2. The van der Waals surface area contributed by atoms with Crippen LogP contribution < -0.4 is 11.1 Å². The number of rotatable bonds is 2. The molecular formula is C12H17ClN2O2. The Morgan fingerprint density at radius 1 is 1.35 bits per heavy atom. The molecule has 2 atom stereocenters. The molecule has 2 rings (SSSR count). The summed E-state index contributed by atoms with van der Waals surface area (Å²) in [6.07, 6.45) is 2.74. The molecule has 0 radical (unpaired) electrons. The van der Waals surface area contributed by atoms with Crippen LogP contribution in [0.4, 0.5) is 5.69 Å². The molecule has 5 heteroatoms. The van der Waals surface area contributed by atoms with Crippen molar-refractivity contribution >= 4 is 24.0 Å². The summed E-state index contributed by atoms with van der Waals surface area (Å²) in [4.78, 5) is 11.9. The number of phenols is 1. The van der Waals surface area contributed by atoms with Gasteiger partial charge in [-0.2, -0.15) is 0 Å². The molecule has 0 bridgehead atoms. The van der Waals surface area contributed by atoms with E-state index in [9.17, 15) is 9.90 Å². The van der Waals surface area contributed by atoms with Crippen molar-refractivity contribution in [2.45, 2.75) is 25.3 Å². The van der Waals surface area contributed by atoms with Crippen LogP contribution >= 0.6 is 12.4 Å². The number of halogens is 1. The van der Waals surface area contributed by atoms with Crippen LogP contribution in [0.3, 0.4) is 0 Å². The lowest BCUT2D eigenvalue weighted by molar-refractivity contribution is -0.120. The van der Waals surface area contributed by atoms with E-state index in [1.807, 2.05) is 0 Å². The minimum atomic E-state index is -0.125. The van der Waals surface area contributed by atoms with Gasteiger partial charge in [-0.15, -0.1) is 12.4 Å². The normalized spacial score (nSPS) is 22.9. The predicted molar refractivity (Wildman–Crippen MR) is 69.3 cm³/mol. The molecule has 1 aliphatic carbocycles. The monoisotopic (exact) mass is 256 g/mol. The first-order chi connectivity index (χ1) is 7.68. The van der Waals surface area contributed by atoms with Crippen molar-refractivity contribution in [1.29, 1.82) is 0 Å². The second-order valence-electron chi connectivity index (χ2n) is 4.21. The third-order valence-electron chi connectivity index (χ3n) is 3.07. The van der Waals surface area contributed by atoms with Crippen LogP contribution in [-0.4, -0.2) is 17.1 Å². The van der Waals surface area contributed by atoms with Gasteiger partial charge in [0.1, 0.15) is 5.75 Å². The van der Waals surface area contributed by atoms with Gasteiger partial charge in [-0.3, -0.25) is 4.79 Å². The first-order valence-electron chi connectivity index (χ1n) is 5.53. The Morgan fingerprint density at radius 3 is 2.65 bits per heavy atom. The van der Waals surface area contributed by atoms with E-state index in [4.69, 9.17) is 5.73 Å². The zero-order chi connectivity index (χ0) is 11.5. The lowest BCUT2D eigenvalue weighted by atomic mass is 10.0. The molecule has 1 fully saturated rings. The van der Waals surface area contributed by atoms with Crippen molar-refractivity contribution in [3.8, 4) is 5.75 Å². The number of hydrogen-bond donors (Lipinski definition) is 3. The van der Waals surface area contributed by atoms with Crippen LogP contribution in [0.5, 0.6) is 5.75 Å². The van der Waals surface area contributed by atoms with Gasteiger partial charge in [0.05, 0.1) is 11.6 Å². The van der Waals surface area contributed by atoms with Gasteiger partial charge < -0.3 is 16.2 Å². The van der Waals surface area contributed by atoms with E-state index >= 15 is 0 Å². The number of carbonyl (C=O) groups is 1. The fraction of sp³-hybridized carbons (Fsp3) is 0.417. The van der Waals surface area contributed by atoms with Crippen LogP contribution in [0.25, 0.3) is 0 Å². The van der Waals surface area contributed by atoms with Crippen molar-refractivity contribution < 1.29 is 9.90 Å². The van der Waals surface area contributed by atoms with Crippen LogP contribution in [0, 0.1) is 5.92 Å². The van der Waals surface area contributed by atoms with E-state index < -0.39 is 0 Å². The van der Waals surface area contributed by atoms with E-state index in [2.05, 4.69) is 5.32 Å². The fourth-order valence-electron chi connectivity index (χ4n) is 2.12. The zero-order valence-electron chi connectivity index (χ0n) is 9.43. The topological polar surface area (TPSA) is 75.4 Å². The largest absolute Gasteiger partial charge is 0.506 e. The summed E-state index contributed by atoms with van der Waals surface area (Å²) < 4.78 is 0. The van der Waals surface area contributed by atoms with Crippen LogP contribution in [-0.2, 0) is 4.79 Å². The van der Waals surface area contributed by atoms with Gasteiger partial charge in [-0.1, -0.05) is 18.6 Å². The Hall–Kier alpha value is -1.26. The maximum atomic E-state index is 11.9. The summed E-state index contributed by atoms with van der Waals surface area (Å²) in [5.41, 5.74) is 6.30. The molecule has 4 N–H and O–H groups in total. The summed E-state index contributed by atoms with van der Waals surface area (Å²) >= 11 is 0. The molecule has 4 nitrogen and oxygen atoms in total. The second kappa shape index (κ2) is 5.89. The Labute approximate surface area is 107 Å². The number of aromatic hydroxyl groups is 1. The number of nitrogens with two attached hydrogens (primary N) is 1. The molecule has 1 aliphatic rings. The number of amides is 1. The number of benzene rings is 1. The third kappa shape index (κ3) is 3.11. The molecule has 0 aliphatic heterocycles. The van der Waals surface area contributed by atoms with Crippen molar-refractivity contribution in [2.75, 3.05) is 5.32 Å². The van der Waals surface area contributed by atoms with E-state index in [0.717, 1.165) is 19.3 Å². The quantitative estimate of drug-likeness (QED) is 0.707. The van der Waals surface area contributed by atoms with E-state index in [1.165, 1.54) is 0 Å². The predicted octanol–water partition coefficient (Wildman–Crippen LogP) is 1.88. The number of nitrogens with one attached hydrogen (secondary N) is 1. The first kappa shape index (κ1) is 13.8. The molecule has 0 saturated heterocycles. The number of para-hydroxylation sites is 2. The molecule has 1 amide bonds. The molecule has 2 unspecified atom stereocenters. The SMILES string of the molecule is Cl.NC1CCCC1C(=O)Nc1ccccc1O. The smallest absolute Gasteiger partial charge is 0.229 e. The number of hydrogen-bond acceptors (Lipinski definition) is 3. The highest BCUT2D eigenvalue weighted by atomic mass is 35.5. The number of anilines is 1. The summed E-state index contributed by atoms with van der Waals surface area (Å²) in [6, 6.07) is 6.65. The maximum Gasteiger partial charge on any atom is 0.229 e. The average molecular weight is 257 g/mol. The Morgan fingerprint density at radius 2 is 2.06 bits per heavy atom.